The van der Waals surface area contributed by atoms with Crippen molar-refractivity contribution in [2.45, 2.75) is 19.1 Å². The van der Waals surface area contributed by atoms with Crippen molar-refractivity contribution in [1.82, 2.24) is 0 Å². The van der Waals surface area contributed by atoms with Crippen LogP contribution in [0.15, 0.2) is 23.2 Å². The maximum Gasteiger partial charge on any atom is 0.416 e. The third kappa shape index (κ3) is 2.84. The zero-order chi connectivity index (χ0) is 12.3. The first-order valence-electron chi connectivity index (χ1n) is 4.30. The van der Waals surface area contributed by atoms with Crippen LogP contribution in [0, 0.1) is 0 Å². The van der Waals surface area contributed by atoms with Crippen LogP contribution in [0.3, 0.4) is 0 Å². The lowest BCUT2D eigenvalue weighted by Gasteiger charge is -2.11. The second kappa shape index (κ2) is 4.68. The molecule has 0 radical (unpaired) electrons. The molecule has 2 nitrogen and oxygen atoms in total. The van der Waals surface area contributed by atoms with Crippen molar-refractivity contribution >= 4 is 17.7 Å². The Labute approximate surface area is 94.7 Å². The summed E-state index contributed by atoms with van der Waals surface area (Å²) in [6.45, 7) is 1.54. The molecule has 1 unspecified atom stereocenters. The summed E-state index contributed by atoms with van der Waals surface area (Å²) < 4.78 is 36.9. The van der Waals surface area contributed by atoms with Crippen molar-refractivity contribution in [3.63, 3.8) is 0 Å². The zero-order valence-electron chi connectivity index (χ0n) is 8.18. The lowest BCUT2D eigenvalue weighted by atomic mass is 10.1. The fourth-order valence-corrected chi connectivity index (χ4v) is 1.53. The van der Waals surface area contributed by atoms with Gasteiger partial charge in [0, 0.05) is 5.02 Å². The lowest BCUT2D eigenvalue weighted by molar-refractivity contribution is -0.137. The van der Waals surface area contributed by atoms with Crippen LogP contribution in [-0.4, -0.2) is 6.08 Å². The molecular formula is C10H7ClF3NO. The van der Waals surface area contributed by atoms with E-state index >= 15 is 0 Å². The molecule has 16 heavy (non-hydrogen) atoms. The summed E-state index contributed by atoms with van der Waals surface area (Å²) >= 11 is 5.68. The van der Waals surface area contributed by atoms with Crippen LogP contribution in [0.25, 0.3) is 0 Å². The van der Waals surface area contributed by atoms with E-state index in [1.165, 1.54) is 12.1 Å². The van der Waals surface area contributed by atoms with Crippen LogP contribution in [0.2, 0.25) is 5.02 Å². The SMILES string of the molecule is CC(N=C=O)c1ccc(C(F)(F)F)cc1Cl. The normalized spacial score (nSPS) is 13.1. The summed E-state index contributed by atoms with van der Waals surface area (Å²) in [7, 11) is 0. The quantitative estimate of drug-likeness (QED) is 0.580. The third-order valence-corrected chi connectivity index (χ3v) is 2.35. The van der Waals surface area contributed by atoms with Crippen molar-refractivity contribution < 1.29 is 18.0 Å². The van der Waals surface area contributed by atoms with Crippen molar-refractivity contribution in [1.29, 1.82) is 0 Å². The smallest absolute Gasteiger partial charge is 0.211 e. The van der Waals surface area contributed by atoms with E-state index in [9.17, 15) is 18.0 Å². The number of halogens is 4. The van der Waals surface area contributed by atoms with Gasteiger partial charge in [0.05, 0.1) is 11.6 Å². The van der Waals surface area contributed by atoms with Gasteiger partial charge in [-0.2, -0.15) is 18.2 Å². The Bertz CT molecular complexity index is 438. The lowest BCUT2D eigenvalue weighted by Crippen LogP contribution is -2.05. The Balaban J connectivity index is 3.14. The van der Waals surface area contributed by atoms with Gasteiger partial charge in [-0.15, -0.1) is 0 Å². The van der Waals surface area contributed by atoms with Gasteiger partial charge in [-0.1, -0.05) is 17.7 Å². The van der Waals surface area contributed by atoms with E-state index in [2.05, 4.69) is 4.99 Å². The molecule has 0 aliphatic rings. The third-order valence-electron chi connectivity index (χ3n) is 2.02. The van der Waals surface area contributed by atoms with E-state index in [1.54, 1.807) is 6.92 Å². The van der Waals surface area contributed by atoms with Crippen LogP contribution in [0.4, 0.5) is 13.2 Å². The van der Waals surface area contributed by atoms with Gasteiger partial charge < -0.3 is 0 Å². The standard InChI is InChI=1S/C10H7ClF3NO/c1-6(15-5-16)8-3-2-7(4-9(8)11)10(12,13)14/h2-4,6H,1H3. The molecule has 0 N–H and O–H groups in total. The van der Waals surface area contributed by atoms with Crippen LogP contribution in [-0.2, 0) is 11.0 Å². The van der Waals surface area contributed by atoms with Gasteiger partial charge in [0.15, 0.2) is 0 Å². The molecule has 0 aliphatic heterocycles. The van der Waals surface area contributed by atoms with E-state index in [0.29, 0.717) is 5.56 Å². The summed E-state index contributed by atoms with van der Waals surface area (Å²) in [4.78, 5) is 13.4. The minimum Gasteiger partial charge on any atom is -0.211 e. The van der Waals surface area contributed by atoms with Crippen molar-refractivity contribution in [3.05, 3.63) is 34.3 Å². The summed E-state index contributed by atoms with van der Waals surface area (Å²) in [5, 5.41) is -0.0682. The monoisotopic (exact) mass is 249 g/mol. The number of aliphatic imine (C=N–C) groups is 1. The average molecular weight is 250 g/mol. The molecule has 0 saturated heterocycles. The Hall–Kier alpha value is -1.32. The fourth-order valence-electron chi connectivity index (χ4n) is 1.19. The second-order valence-corrected chi connectivity index (χ2v) is 3.54. The topological polar surface area (TPSA) is 29.4 Å². The zero-order valence-corrected chi connectivity index (χ0v) is 8.93. The minimum atomic E-state index is -4.43. The van der Waals surface area contributed by atoms with E-state index in [0.717, 1.165) is 12.1 Å². The van der Waals surface area contributed by atoms with Crippen molar-refractivity contribution in [2.24, 2.45) is 4.99 Å². The number of hydrogen-bond donors (Lipinski definition) is 0. The fraction of sp³-hybridized carbons (Fsp3) is 0.300. The molecule has 0 saturated carbocycles. The Morgan fingerprint density at radius 1 is 1.44 bits per heavy atom. The van der Waals surface area contributed by atoms with Gasteiger partial charge in [0.25, 0.3) is 0 Å². The molecule has 0 aromatic heterocycles. The number of nitrogens with zero attached hydrogens (tertiary/aromatic N) is 1. The number of alkyl halides is 3. The van der Waals surface area contributed by atoms with Crippen LogP contribution in [0.5, 0.6) is 0 Å². The molecule has 0 spiro atoms. The van der Waals surface area contributed by atoms with Crippen LogP contribution >= 0.6 is 11.6 Å². The van der Waals surface area contributed by atoms with Crippen LogP contribution in [0.1, 0.15) is 24.1 Å². The Kier molecular flexibility index (Phi) is 3.73. The van der Waals surface area contributed by atoms with Gasteiger partial charge in [-0.25, -0.2) is 4.79 Å². The van der Waals surface area contributed by atoms with E-state index in [1.807, 2.05) is 0 Å². The van der Waals surface area contributed by atoms with Crippen LogP contribution < -0.4 is 0 Å². The van der Waals surface area contributed by atoms with Gasteiger partial charge in [0.1, 0.15) is 0 Å². The molecule has 1 rings (SSSR count). The molecule has 6 heteroatoms. The molecule has 0 aliphatic carbocycles. The molecule has 0 amide bonds. The number of benzene rings is 1. The first-order valence-corrected chi connectivity index (χ1v) is 4.67. The minimum absolute atomic E-state index is 0.0682. The Morgan fingerprint density at radius 3 is 2.50 bits per heavy atom. The van der Waals surface area contributed by atoms with Gasteiger partial charge in [0.2, 0.25) is 6.08 Å². The number of isocyanates is 1. The predicted molar refractivity (Wildman–Crippen MR) is 53.0 cm³/mol. The highest BCUT2D eigenvalue weighted by Gasteiger charge is 2.31. The summed E-state index contributed by atoms with van der Waals surface area (Å²) in [5.41, 5.74) is -0.471. The van der Waals surface area contributed by atoms with Gasteiger partial charge >= 0.3 is 6.18 Å². The molecular weight excluding hydrogens is 243 g/mol. The van der Waals surface area contributed by atoms with Gasteiger partial charge in [-0.3, -0.25) is 0 Å². The van der Waals surface area contributed by atoms with E-state index in [4.69, 9.17) is 11.6 Å². The number of hydrogen-bond acceptors (Lipinski definition) is 2. The highest BCUT2D eigenvalue weighted by Crippen LogP contribution is 2.34. The maximum absolute atomic E-state index is 12.3. The molecule has 1 aromatic carbocycles. The van der Waals surface area contributed by atoms with Crippen molar-refractivity contribution in [2.75, 3.05) is 0 Å². The number of rotatable bonds is 2. The molecule has 86 valence electrons. The average Bonchev–Trinajstić information content (AvgIpc) is 2.16. The number of carbonyl (C=O) groups excluding carboxylic acids is 1. The molecule has 1 atom stereocenters. The second-order valence-electron chi connectivity index (χ2n) is 3.13. The molecule has 0 heterocycles. The maximum atomic E-state index is 12.3. The highest BCUT2D eigenvalue weighted by atomic mass is 35.5. The first kappa shape index (κ1) is 12.7. The highest BCUT2D eigenvalue weighted by molar-refractivity contribution is 6.31. The Morgan fingerprint density at radius 2 is 2.06 bits per heavy atom. The predicted octanol–water partition coefficient (Wildman–Crippen LogP) is 3.76. The molecule has 1 aromatic rings. The summed E-state index contributed by atoms with van der Waals surface area (Å²) in [6, 6.07) is 2.31. The summed E-state index contributed by atoms with van der Waals surface area (Å²) in [5.74, 6) is 0. The largest absolute Gasteiger partial charge is 0.416 e. The molecule has 0 bridgehead atoms. The molecule has 0 fully saturated rings. The first-order chi connectivity index (χ1) is 7.36. The summed E-state index contributed by atoms with van der Waals surface area (Å²) in [6.07, 6.45) is -3.10. The van der Waals surface area contributed by atoms with Crippen molar-refractivity contribution in [3.8, 4) is 0 Å². The van der Waals surface area contributed by atoms with Gasteiger partial charge in [-0.05, 0) is 24.6 Å². The van der Waals surface area contributed by atoms with E-state index in [-0.39, 0.29) is 5.02 Å². The van der Waals surface area contributed by atoms with E-state index < -0.39 is 17.8 Å².